The van der Waals surface area contributed by atoms with Gasteiger partial charge in [0.05, 0.1) is 5.69 Å². The lowest BCUT2D eigenvalue weighted by Gasteiger charge is -2.08. The van der Waals surface area contributed by atoms with Crippen LogP contribution in [0.15, 0.2) is 36.4 Å². The van der Waals surface area contributed by atoms with Gasteiger partial charge in [0, 0.05) is 11.3 Å². The average molecular weight is 289 g/mol. The Morgan fingerprint density at radius 1 is 0.722 bits per heavy atom. The molecule has 0 unspecified atom stereocenters. The molecule has 18 heavy (non-hydrogen) atoms. The highest BCUT2D eigenvalue weighted by molar-refractivity contribution is 5.85. The third-order valence-electron chi connectivity index (χ3n) is 2.40. The molecule has 0 spiro atoms. The quantitative estimate of drug-likeness (QED) is 0.480. The summed E-state index contributed by atoms with van der Waals surface area (Å²) < 4.78 is 0. The first-order valence-electron chi connectivity index (χ1n) is 4.76. The molecule has 0 heterocycles. The molecule has 2 aromatic rings. The van der Waals surface area contributed by atoms with E-state index in [1.807, 2.05) is 0 Å². The van der Waals surface area contributed by atoms with Crippen LogP contribution >= 0.6 is 24.8 Å². The molecule has 2 aromatic carbocycles. The second-order valence-corrected chi connectivity index (χ2v) is 3.52. The van der Waals surface area contributed by atoms with Gasteiger partial charge in [-0.25, -0.2) is 0 Å². The molecule has 0 aromatic heterocycles. The smallest absolute Gasteiger partial charge is 0.181 e. The van der Waals surface area contributed by atoms with E-state index in [1.54, 1.807) is 36.4 Å². The summed E-state index contributed by atoms with van der Waals surface area (Å²) in [6.07, 6.45) is 0. The van der Waals surface area contributed by atoms with Gasteiger partial charge >= 0.3 is 0 Å². The lowest BCUT2D eigenvalue weighted by molar-refractivity contribution is 0.407. The van der Waals surface area contributed by atoms with E-state index in [2.05, 4.69) is 0 Å². The van der Waals surface area contributed by atoms with Gasteiger partial charge in [-0.2, -0.15) is 0 Å². The Balaban J connectivity index is 0.00000144. The summed E-state index contributed by atoms with van der Waals surface area (Å²) in [6, 6.07) is 10.2. The molecule has 0 atom stereocenters. The van der Waals surface area contributed by atoms with E-state index >= 15 is 0 Å². The van der Waals surface area contributed by atoms with Crippen molar-refractivity contribution >= 4 is 36.2 Å². The predicted molar refractivity (Wildman–Crippen MR) is 78.5 cm³/mol. The van der Waals surface area contributed by atoms with Gasteiger partial charge < -0.3 is 21.7 Å². The van der Waals surface area contributed by atoms with Gasteiger partial charge in [-0.3, -0.25) is 0 Å². The van der Waals surface area contributed by atoms with Crippen LogP contribution in [0.1, 0.15) is 0 Å². The van der Waals surface area contributed by atoms with Gasteiger partial charge in [-0.1, -0.05) is 12.1 Å². The summed E-state index contributed by atoms with van der Waals surface area (Å²) in [4.78, 5) is 0. The molecule has 0 aliphatic carbocycles. The molecule has 0 aliphatic heterocycles. The number of nitrogen functional groups attached to an aromatic ring is 2. The minimum absolute atomic E-state index is 0. The van der Waals surface area contributed by atoms with Crippen LogP contribution in [0.2, 0.25) is 0 Å². The molecule has 4 nitrogen and oxygen atoms in total. The van der Waals surface area contributed by atoms with E-state index in [9.17, 15) is 10.2 Å². The maximum atomic E-state index is 9.74. The second-order valence-electron chi connectivity index (χ2n) is 3.52. The topological polar surface area (TPSA) is 92.5 Å². The van der Waals surface area contributed by atoms with Crippen molar-refractivity contribution in [1.82, 2.24) is 0 Å². The Hall–Kier alpha value is -1.78. The molecular formula is C12H14Cl2N2O2. The molecule has 0 amide bonds. The number of benzene rings is 2. The van der Waals surface area contributed by atoms with Crippen molar-refractivity contribution in [2.75, 3.05) is 11.5 Å². The zero-order valence-corrected chi connectivity index (χ0v) is 11.0. The molecule has 6 heteroatoms. The van der Waals surface area contributed by atoms with Crippen molar-refractivity contribution in [3.63, 3.8) is 0 Å². The summed E-state index contributed by atoms with van der Waals surface area (Å²) in [5.74, 6) is -0.515. The van der Waals surface area contributed by atoms with Gasteiger partial charge in [-0.15, -0.1) is 24.8 Å². The number of phenolic OH excluding ortho intramolecular Hbond substituents is 2. The summed E-state index contributed by atoms with van der Waals surface area (Å²) in [5.41, 5.74) is 13.1. The van der Waals surface area contributed by atoms with Gasteiger partial charge in [0.15, 0.2) is 11.5 Å². The Kier molecular flexibility index (Phi) is 5.62. The van der Waals surface area contributed by atoms with E-state index in [1.165, 1.54) is 0 Å². The maximum Gasteiger partial charge on any atom is 0.181 e. The number of hydrogen-bond acceptors (Lipinski definition) is 4. The van der Waals surface area contributed by atoms with E-state index in [0.29, 0.717) is 11.3 Å². The average Bonchev–Trinajstić information content (AvgIpc) is 2.28. The van der Waals surface area contributed by atoms with Crippen LogP contribution in [0.5, 0.6) is 11.5 Å². The number of anilines is 2. The molecule has 0 aliphatic rings. The van der Waals surface area contributed by atoms with Crippen LogP contribution < -0.4 is 11.5 Å². The van der Waals surface area contributed by atoms with Gasteiger partial charge in [0.2, 0.25) is 0 Å². The molecular weight excluding hydrogens is 275 g/mol. The third-order valence-corrected chi connectivity index (χ3v) is 2.40. The SMILES string of the molecule is Cl.Cl.Nc1ccc(-c2ccc(N)c(O)c2O)cc1. The monoisotopic (exact) mass is 288 g/mol. The number of aromatic hydroxyl groups is 2. The maximum absolute atomic E-state index is 9.74. The molecule has 2 rings (SSSR count). The van der Waals surface area contributed by atoms with E-state index in [-0.39, 0.29) is 42.0 Å². The van der Waals surface area contributed by atoms with Crippen LogP contribution in [0.25, 0.3) is 11.1 Å². The molecule has 0 saturated heterocycles. The fraction of sp³-hybridized carbons (Fsp3) is 0. The van der Waals surface area contributed by atoms with Crippen LogP contribution in [0.4, 0.5) is 11.4 Å². The summed E-state index contributed by atoms with van der Waals surface area (Å²) in [6.45, 7) is 0. The van der Waals surface area contributed by atoms with Crippen LogP contribution in [-0.4, -0.2) is 10.2 Å². The van der Waals surface area contributed by atoms with Crippen molar-refractivity contribution in [1.29, 1.82) is 0 Å². The van der Waals surface area contributed by atoms with E-state index in [4.69, 9.17) is 11.5 Å². The highest BCUT2D eigenvalue weighted by atomic mass is 35.5. The van der Waals surface area contributed by atoms with Crippen molar-refractivity contribution in [3.05, 3.63) is 36.4 Å². The Morgan fingerprint density at radius 2 is 1.28 bits per heavy atom. The van der Waals surface area contributed by atoms with Crippen molar-refractivity contribution in [3.8, 4) is 22.6 Å². The number of hydrogen-bond donors (Lipinski definition) is 4. The molecule has 0 radical (unpaired) electrons. The predicted octanol–water partition coefficient (Wildman–Crippen LogP) is 2.77. The Bertz CT molecular complexity index is 530. The van der Waals surface area contributed by atoms with Crippen LogP contribution in [0, 0.1) is 0 Å². The zero-order valence-electron chi connectivity index (χ0n) is 9.33. The Labute approximate surface area is 117 Å². The Morgan fingerprint density at radius 3 is 1.83 bits per heavy atom. The molecule has 0 saturated carbocycles. The molecule has 6 N–H and O–H groups in total. The minimum Gasteiger partial charge on any atom is -0.504 e. The number of phenols is 2. The fourth-order valence-electron chi connectivity index (χ4n) is 1.49. The lowest BCUT2D eigenvalue weighted by Crippen LogP contribution is -1.88. The highest BCUT2D eigenvalue weighted by Gasteiger charge is 2.10. The number of halogens is 2. The third kappa shape index (κ3) is 2.91. The zero-order chi connectivity index (χ0) is 11.7. The summed E-state index contributed by atoms with van der Waals surface area (Å²) in [7, 11) is 0. The van der Waals surface area contributed by atoms with E-state index in [0.717, 1.165) is 5.56 Å². The largest absolute Gasteiger partial charge is 0.504 e. The van der Waals surface area contributed by atoms with Crippen molar-refractivity contribution < 1.29 is 10.2 Å². The van der Waals surface area contributed by atoms with E-state index < -0.39 is 0 Å². The first-order valence-corrected chi connectivity index (χ1v) is 4.76. The summed E-state index contributed by atoms with van der Waals surface area (Å²) >= 11 is 0. The van der Waals surface area contributed by atoms with Gasteiger partial charge in [-0.05, 0) is 29.8 Å². The van der Waals surface area contributed by atoms with Gasteiger partial charge in [0.1, 0.15) is 0 Å². The number of rotatable bonds is 1. The molecule has 0 fully saturated rings. The minimum atomic E-state index is -0.297. The van der Waals surface area contributed by atoms with Crippen molar-refractivity contribution in [2.45, 2.75) is 0 Å². The second kappa shape index (κ2) is 6.23. The van der Waals surface area contributed by atoms with Crippen LogP contribution in [-0.2, 0) is 0 Å². The lowest BCUT2D eigenvalue weighted by atomic mass is 10.0. The van der Waals surface area contributed by atoms with Gasteiger partial charge in [0.25, 0.3) is 0 Å². The summed E-state index contributed by atoms with van der Waals surface area (Å²) in [5, 5.41) is 19.2. The van der Waals surface area contributed by atoms with Crippen LogP contribution in [0.3, 0.4) is 0 Å². The normalized spacial score (nSPS) is 9.11. The highest BCUT2D eigenvalue weighted by Crippen LogP contribution is 2.40. The number of nitrogens with two attached hydrogens (primary N) is 2. The first-order chi connectivity index (χ1) is 7.59. The molecule has 0 bridgehead atoms. The first kappa shape index (κ1) is 16.2. The standard InChI is InChI=1S/C12H12N2O2.2ClH/c13-8-3-1-7(2-4-8)9-5-6-10(14)12(16)11(9)15;;/h1-6,15-16H,13-14H2;2*1H. The molecule has 98 valence electrons. The fourth-order valence-corrected chi connectivity index (χ4v) is 1.49. The van der Waals surface area contributed by atoms with Crippen molar-refractivity contribution in [2.24, 2.45) is 0 Å².